The number of nitriles is 1. The van der Waals surface area contributed by atoms with Gasteiger partial charge in [0.15, 0.2) is 11.5 Å². The quantitative estimate of drug-likeness (QED) is 0.319. The fourth-order valence-corrected chi connectivity index (χ4v) is 3.96. The summed E-state index contributed by atoms with van der Waals surface area (Å²) in [6.07, 6.45) is 0. The molecule has 184 valence electrons. The van der Waals surface area contributed by atoms with Crippen molar-refractivity contribution in [3.8, 4) is 29.1 Å². The van der Waals surface area contributed by atoms with Crippen LogP contribution in [0, 0.1) is 17.2 Å². The zero-order chi connectivity index (χ0) is 25.8. The number of carbonyl (C=O) groups is 1. The highest BCUT2D eigenvalue weighted by molar-refractivity contribution is 6.30. The Balaban J connectivity index is 1.67. The van der Waals surface area contributed by atoms with Gasteiger partial charge in [0, 0.05) is 16.7 Å². The minimum absolute atomic E-state index is 0.0183. The number of allylic oxidation sites excluding steroid dienone is 1. The lowest BCUT2D eigenvalue weighted by Crippen LogP contribution is -2.21. The van der Waals surface area contributed by atoms with E-state index in [1.165, 1.54) is 0 Å². The Morgan fingerprint density at radius 2 is 1.86 bits per heavy atom. The Labute approximate surface area is 214 Å². The van der Waals surface area contributed by atoms with Crippen LogP contribution >= 0.6 is 11.6 Å². The van der Waals surface area contributed by atoms with Gasteiger partial charge in [0.25, 0.3) is 0 Å². The lowest BCUT2D eigenvalue weighted by molar-refractivity contribution is 0.0734. The summed E-state index contributed by atoms with van der Waals surface area (Å²) in [5.41, 5.74) is 8.23. The van der Waals surface area contributed by atoms with E-state index in [2.05, 4.69) is 19.9 Å². The summed E-state index contributed by atoms with van der Waals surface area (Å²) in [5.74, 6) is 1.11. The van der Waals surface area contributed by atoms with Crippen LogP contribution in [0.1, 0.15) is 41.3 Å². The molecule has 1 aliphatic rings. The first-order chi connectivity index (χ1) is 17.3. The van der Waals surface area contributed by atoms with Crippen molar-refractivity contribution >= 4 is 17.6 Å². The standard InChI is InChI=1S/C28H25ClN2O5/c1-16(2)15-34-23-11-6-18(12-25(23)33-3)26-21-10-9-20(13-24(21)36-27(31)22(26)14-30)35-28(32)17-4-7-19(29)8-5-17/h4-13,16,26H,15,31H2,1-3H3. The molecule has 0 aliphatic carbocycles. The van der Waals surface area contributed by atoms with Crippen molar-refractivity contribution in [3.05, 3.63) is 93.8 Å². The monoisotopic (exact) mass is 504 g/mol. The van der Waals surface area contributed by atoms with Crippen molar-refractivity contribution in [1.29, 1.82) is 5.26 Å². The molecule has 2 N–H and O–H groups in total. The van der Waals surface area contributed by atoms with Crippen LogP contribution in [0.3, 0.4) is 0 Å². The minimum Gasteiger partial charge on any atom is -0.493 e. The maximum absolute atomic E-state index is 12.5. The maximum atomic E-state index is 12.5. The van der Waals surface area contributed by atoms with E-state index in [1.807, 2.05) is 18.2 Å². The Hall–Kier alpha value is -4.15. The number of ether oxygens (including phenoxy) is 4. The van der Waals surface area contributed by atoms with Gasteiger partial charge in [-0.05, 0) is 53.9 Å². The number of methoxy groups -OCH3 is 1. The predicted octanol–water partition coefficient (Wildman–Crippen LogP) is 5.82. The van der Waals surface area contributed by atoms with Crippen LogP contribution in [0.2, 0.25) is 5.02 Å². The molecule has 0 spiro atoms. The highest BCUT2D eigenvalue weighted by atomic mass is 35.5. The summed E-state index contributed by atoms with van der Waals surface area (Å²) in [6.45, 7) is 4.67. The molecule has 36 heavy (non-hydrogen) atoms. The summed E-state index contributed by atoms with van der Waals surface area (Å²) >= 11 is 5.89. The first-order valence-electron chi connectivity index (χ1n) is 11.3. The summed E-state index contributed by atoms with van der Waals surface area (Å²) in [4.78, 5) is 12.5. The molecule has 4 rings (SSSR count). The second kappa shape index (κ2) is 10.6. The van der Waals surface area contributed by atoms with E-state index in [4.69, 9.17) is 36.3 Å². The van der Waals surface area contributed by atoms with E-state index >= 15 is 0 Å². The van der Waals surface area contributed by atoms with Gasteiger partial charge in [0.2, 0.25) is 5.88 Å². The predicted molar refractivity (Wildman–Crippen MR) is 135 cm³/mol. The topological polar surface area (TPSA) is 104 Å². The van der Waals surface area contributed by atoms with E-state index in [0.29, 0.717) is 45.9 Å². The number of hydrogen-bond donors (Lipinski definition) is 1. The van der Waals surface area contributed by atoms with Crippen LogP contribution in [0.15, 0.2) is 72.1 Å². The molecule has 1 atom stereocenters. The van der Waals surface area contributed by atoms with Crippen molar-refractivity contribution in [3.63, 3.8) is 0 Å². The fourth-order valence-electron chi connectivity index (χ4n) is 3.83. The average molecular weight is 505 g/mol. The van der Waals surface area contributed by atoms with Gasteiger partial charge in [-0.15, -0.1) is 0 Å². The highest BCUT2D eigenvalue weighted by Crippen LogP contribution is 2.45. The van der Waals surface area contributed by atoms with Crippen molar-refractivity contribution in [2.24, 2.45) is 11.7 Å². The molecular formula is C28H25ClN2O5. The van der Waals surface area contributed by atoms with E-state index in [-0.39, 0.29) is 17.2 Å². The molecule has 3 aromatic carbocycles. The zero-order valence-corrected chi connectivity index (χ0v) is 20.8. The van der Waals surface area contributed by atoms with Gasteiger partial charge in [-0.25, -0.2) is 4.79 Å². The SMILES string of the molecule is COc1cc(C2C(C#N)=C(N)Oc3cc(OC(=O)c4ccc(Cl)cc4)ccc32)ccc1OCC(C)C. The molecular weight excluding hydrogens is 480 g/mol. The number of esters is 1. The number of benzene rings is 3. The maximum Gasteiger partial charge on any atom is 0.343 e. The molecule has 1 heterocycles. The molecule has 0 saturated carbocycles. The summed E-state index contributed by atoms with van der Waals surface area (Å²) in [5, 5.41) is 10.4. The van der Waals surface area contributed by atoms with E-state index in [0.717, 1.165) is 5.56 Å². The molecule has 0 aromatic heterocycles. The summed E-state index contributed by atoms with van der Waals surface area (Å²) in [6, 6.07) is 19.1. The van der Waals surface area contributed by atoms with Gasteiger partial charge >= 0.3 is 5.97 Å². The lowest BCUT2D eigenvalue weighted by Gasteiger charge is -2.27. The van der Waals surface area contributed by atoms with Crippen LogP contribution in [-0.4, -0.2) is 19.7 Å². The first-order valence-corrected chi connectivity index (χ1v) is 11.7. The van der Waals surface area contributed by atoms with Crippen LogP contribution in [0.25, 0.3) is 0 Å². The van der Waals surface area contributed by atoms with Crippen molar-refractivity contribution in [2.45, 2.75) is 19.8 Å². The number of hydrogen-bond acceptors (Lipinski definition) is 7. The number of nitrogens with zero attached hydrogens (tertiary/aromatic N) is 1. The van der Waals surface area contributed by atoms with Gasteiger partial charge in [-0.1, -0.05) is 37.6 Å². The van der Waals surface area contributed by atoms with E-state index in [1.54, 1.807) is 49.6 Å². The summed E-state index contributed by atoms with van der Waals surface area (Å²) in [7, 11) is 1.57. The van der Waals surface area contributed by atoms with E-state index < -0.39 is 11.9 Å². The lowest BCUT2D eigenvalue weighted by atomic mass is 9.83. The first kappa shape index (κ1) is 25.0. The second-order valence-corrected chi connectivity index (χ2v) is 9.07. The number of halogens is 1. The summed E-state index contributed by atoms with van der Waals surface area (Å²) < 4.78 is 22.7. The number of rotatable bonds is 7. The van der Waals surface area contributed by atoms with Crippen LogP contribution in [0.4, 0.5) is 0 Å². The molecule has 7 nitrogen and oxygen atoms in total. The van der Waals surface area contributed by atoms with Gasteiger partial charge in [-0.3, -0.25) is 0 Å². The third-order valence-corrected chi connectivity index (χ3v) is 5.83. The average Bonchev–Trinajstić information content (AvgIpc) is 2.86. The van der Waals surface area contributed by atoms with Crippen molar-refractivity contribution in [2.75, 3.05) is 13.7 Å². The molecule has 0 bridgehead atoms. The molecule has 1 aliphatic heterocycles. The van der Waals surface area contributed by atoms with Crippen molar-refractivity contribution in [1.82, 2.24) is 0 Å². The minimum atomic E-state index is -0.540. The zero-order valence-electron chi connectivity index (χ0n) is 20.1. The second-order valence-electron chi connectivity index (χ2n) is 8.64. The van der Waals surface area contributed by atoms with Gasteiger partial charge in [0.1, 0.15) is 23.1 Å². The molecule has 1 unspecified atom stereocenters. The Bertz CT molecular complexity index is 1360. The fraction of sp³-hybridized carbons (Fsp3) is 0.214. The molecule has 0 radical (unpaired) electrons. The molecule has 3 aromatic rings. The smallest absolute Gasteiger partial charge is 0.343 e. The highest BCUT2D eigenvalue weighted by Gasteiger charge is 2.32. The van der Waals surface area contributed by atoms with Crippen LogP contribution < -0.4 is 24.7 Å². The number of fused-ring (bicyclic) bond motifs is 1. The van der Waals surface area contributed by atoms with Crippen molar-refractivity contribution < 1.29 is 23.7 Å². The Morgan fingerprint density at radius 3 is 2.53 bits per heavy atom. The van der Waals surface area contributed by atoms with Crippen LogP contribution in [-0.2, 0) is 0 Å². The molecule has 0 amide bonds. The largest absolute Gasteiger partial charge is 0.493 e. The van der Waals surface area contributed by atoms with Gasteiger partial charge in [0.05, 0.1) is 25.2 Å². The normalized spacial score (nSPS) is 14.5. The Kier molecular flexibility index (Phi) is 7.37. The third kappa shape index (κ3) is 5.24. The molecule has 8 heteroatoms. The van der Waals surface area contributed by atoms with Gasteiger partial charge < -0.3 is 24.7 Å². The third-order valence-electron chi connectivity index (χ3n) is 5.57. The van der Waals surface area contributed by atoms with E-state index in [9.17, 15) is 10.1 Å². The number of nitrogens with two attached hydrogens (primary N) is 1. The molecule has 0 fully saturated rings. The van der Waals surface area contributed by atoms with Crippen LogP contribution in [0.5, 0.6) is 23.0 Å². The van der Waals surface area contributed by atoms with Gasteiger partial charge in [-0.2, -0.15) is 5.26 Å². The molecule has 0 saturated heterocycles. The number of carbonyl (C=O) groups excluding carboxylic acids is 1. The Morgan fingerprint density at radius 1 is 1.11 bits per heavy atom.